The second-order valence-electron chi connectivity index (χ2n) is 5.91. The topological polar surface area (TPSA) is 46.6 Å². The molecule has 2 aliphatic rings. The number of aryl methyl sites for hydroxylation is 1. The van der Waals surface area contributed by atoms with Gasteiger partial charge in [0.1, 0.15) is 5.75 Å². The predicted octanol–water partition coefficient (Wildman–Crippen LogP) is 2.80. The number of hydrogen-bond donors (Lipinski definition) is 0. The van der Waals surface area contributed by atoms with E-state index >= 15 is 0 Å². The van der Waals surface area contributed by atoms with E-state index in [1.165, 1.54) is 5.56 Å². The van der Waals surface area contributed by atoms with Crippen molar-refractivity contribution in [1.82, 2.24) is 4.90 Å². The van der Waals surface area contributed by atoms with Gasteiger partial charge in [-0.1, -0.05) is 38.1 Å². The Morgan fingerprint density at radius 3 is 2.64 bits per heavy atom. The average molecular weight is 321 g/mol. The lowest BCUT2D eigenvalue weighted by molar-refractivity contribution is 0.245. The molecule has 0 fully saturated rings. The Kier molecular flexibility index (Phi) is 4.28. The molecule has 5 heteroatoms. The summed E-state index contributed by atoms with van der Waals surface area (Å²) < 4.78 is 30.1. The zero-order valence-electron chi connectivity index (χ0n) is 13.2. The molecular weight excluding hydrogens is 298 g/mol. The fourth-order valence-corrected chi connectivity index (χ4v) is 4.89. The molecule has 120 valence electrons. The van der Waals surface area contributed by atoms with Crippen LogP contribution in [0.15, 0.2) is 29.8 Å². The van der Waals surface area contributed by atoms with Crippen LogP contribution in [0.1, 0.15) is 37.8 Å². The number of fused-ring (bicyclic) bond motifs is 2. The van der Waals surface area contributed by atoms with E-state index in [2.05, 4.69) is 24.8 Å². The minimum absolute atomic E-state index is 0.0603. The van der Waals surface area contributed by atoms with Gasteiger partial charge in [-0.25, -0.2) is 0 Å². The highest BCUT2D eigenvalue weighted by atomic mass is 32.2. The molecule has 4 nitrogen and oxygen atoms in total. The lowest BCUT2D eigenvalue weighted by atomic mass is 9.99. The van der Waals surface area contributed by atoms with Gasteiger partial charge in [-0.15, -0.1) is 0 Å². The van der Waals surface area contributed by atoms with Gasteiger partial charge in [-0.2, -0.15) is 8.42 Å². The highest BCUT2D eigenvalue weighted by Gasteiger charge is 2.37. The molecular formula is C17H23NO3S. The van der Waals surface area contributed by atoms with Crippen molar-refractivity contribution in [3.05, 3.63) is 41.0 Å². The first-order valence-electron chi connectivity index (χ1n) is 8.03. The predicted molar refractivity (Wildman–Crippen MR) is 87.9 cm³/mol. The van der Waals surface area contributed by atoms with Gasteiger partial charge in [0.2, 0.25) is 0 Å². The van der Waals surface area contributed by atoms with Gasteiger partial charge in [0.05, 0.1) is 6.04 Å². The van der Waals surface area contributed by atoms with Crippen LogP contribution in [-0.2, 0) is 20.7 Å². The lowest BCUT2D eigenvalue weighted by Gasteiger charge is -2.35. The van der Waals surface area contributed by atoms with Gasteiger partial charge in [0, 0.05) is 5.56 Å². The number of likely N-dealkylation sites (N-methyl/N-ethyl adjacent to an activating group) is 1. The Morgan fingerprint density at radius 2 is 1.91 bits per heavy atom. The van der Waals surface area contributed by atoms with Crippen LogP contribution in [-0.4, -0.2) is 38.2 Å². The van der Waals surface area contributed by atoms with Gasteiger partial charge >= 0.3 is 10.1 Å². The van der Waals surface area contributed by atoms with Crippen LogP contribution >= 0.6 is 0 Å². The summed E-state index contributed by atoms with van der Waals surface area (Å²) in [5, 5.41) is 0. The van der Waals surface area contributed by atoms with Crippen LogP contribution in [0.25, 0.3) is 5.76 Å². The smallest absolute Gasteiger partial charge is 0.311 e. The van der Waals surface area contributed by atoms with Crippen molar-refractivity contribution in [2.24, 2.45) is 0 Å². The van der Waals surface area contributed by atoms with Crippen molar-refractivity contribution in [2.75, 3.05) is 18.8 Å². The van der Waals surface area contributed by atoms with Gasteiger partial charge < -0.3 is 4.18 Å². The zero-order chi connectivity index (χ0) is 15.7. The molecule has 22 heavy (non-hydrogen) atoms. The second-order valence-corrected chi connectivity index (χ2v) is 7.53. The number of benzene rings is 1. The Balaban J connectivity index is 2.16. The molecule has 0 spiro atoms. The van der Waals surface area contributed by atoms with Crippen LogP contribution in [0.4, 0.5) is 0 Å². The molecule has 1 aliphatic carbocycles. The Hall–Kier alpha value is -1.33. The minimum atomic E-state index is -3.53. The Bertz CT molecular complexity index is 690. The van der Waals surface area contributed by atoms with Crippen LogP contribution in [0.2, 0.25) is 0 Å². The first-order valence-corrected chi connectivity index (χ1v) is 9.61. The van der Waals surface area contributed by atoms with Crippen molar-refractivity contribution in [3.63, 3.8) is 0 Å². The molecule has 1 aromatic rings. The molecule has 1 aromatic carbocycles. The first-order chi connectivity index (χ1) is 10.6. The SMILES string of the molecule is CCN(CC)C1CS(=O)(=O)OC2=C1CCCc1ccccc12. The molecule has 0 bridgehead atoms. The van der Waals surface area contributed by atoms with E-state index in [-0.39, 0.29) is 11.8 Å². The maximum absolute atomic E-state index is 12.3. The third-order valence-electron chi connectivity index (χ3n) is 4.67. The summed E-state index contributed by atoms with van der Waals surface area (Å²) in [5.41, 5.74) is 3.29. The molecule has 0 amide bonds. The molecule has 1 heterocycles. The van der Waals surface area contributed by atoms with Crippen LogP contribution < -0.4 is 0 Å². The van der Waals surface area contributed by atoms with Crippen LogP contribution in [0, 0.1) is 0 Å². The largest absolute Gasteiger partial charge is 0.382 e. The fraction of sp³-hybridized carbons (Fsp3) is 0.529. The molecule has 0 aromatic heterocycles. The number of nitrogens with zero attached hydrogens (tertiary/aromatic N) is 1. The van der Waals surface area contributed by atoms with E-state index in [1.807, 2.05) is 18.2 Å². The zero-order valence-corrected chi connectivity index (χ0v) is 14.0. The number of hydrogen-bond acceptors (Lipinski definition) is 4. The number of rotatable bonds is 3. The Morgan fingerprint density at radius 1 is 1.18 bits per heavy atom. The first kappa shape index (κ1) is 15.6. The molecule has 0 saturated heterocycles. The van der Waals surface area contributed by atoms with E-state index in [0.717, 1.165) is 43.5 Å². The third kappa shape index (κ3) is 2.79. The molecule has 0 radical (unpaired) electrons. The monoisotopic (exact) mass is 321 g/mol. The minimum Gasteiger partial charge on any atom is -0.382 e. The molecule has 0 N–H and O–H groups in total. The second kappa shape index (κ2) is 6.05. The lowest BCUT2D eigenvalue weighted by Crippen LogP contribution is -2.44. The molecule has 1 unspecified atom stereocenters. The van der Waals surface area contributed by atoms with Crippen LogP contribution in [0.5, 0.6) is 0 Å². The summed E-state index contributed by atoms with van der Waals surface area (Å²) in [6, 6.07) is 7.95. The standard InChI is InChI=1S/C17H23NO3S/c1-3-18(4-2)16-12-22(19,20)21-17-14-10-6-5-8-13(14)9-7-11-15(16)17/h5-6,8,10,16H,3-4,7,9,11-12H2,1-2H3. The summed E-state index contributed by atoms with van der Waals surface area (Å²) in [6.45, 7) is 5.84. The summed E-state index contributed by atoms with van der Waals surface area (Å²) in [4.78, 5) is 2.23. The van der Waals surface area contributed by atoms with Gasteiger partial charge in [0.15, 0.2) is 5.76 Å². The highest BCUT2D eigenvalue weighted by Crippen LogP contribution is 2.38. The normalized spacial score (nSPS) is 23.5. The highest BCUT2D eigenvalue weighted by molar-refractivity contribution is 7.87. The quantitative estimate of drug-likeness (QED) is 0.803. The molecule has 0 saturated carbocycles. The van der Waals surface area contributed by atoms with Crippen molar-refractivity contribution >= 4 is 15.9 Å². The maximum atomic E-state index is 12.3. The summed E-state index contributed by atoms with van der Waals surface area (Å²) in [7, 11) is -3.53. The molecule has 1 aliphatic heterocycles. The van der Waals surface area contributed by atoms with Crippen molar-refractivity contribution in [2.45, 2.75) is 39.2 Å². The van der Waals surface area contributed by atoms with Crippen molar-refractivity contribution in [3.8, 4) is 0 Å². The van der Waals surface area contributed by atoms with Crippen molar-refractivity contribution in [1.29, 1.82) is 0 Å². The van der Waals surface area contributed by atoms with Gasteiger partial charge in [-0.05, 0) is 43.5 Å². The van der Waals surface area contributed by atoms with E-state index in [0.29, 0.717) is 5.76 Å². The van der Waals surface area contributed by atoms with Gasteiger partial charge in [-0.3, -0.25) is 4.90 Å². The van der Waals surface area contributed by atoms with Crippen LogP contribution in [0.3, 0.4) is 0 Å². The van der Waals surface area contributed by atoms with E-state index < -0.39 is 10.1 Å². The summed E-state index contributed by atoms with van der Waals surface area (Å²) in [6.07, 6.45) is 2.91. The third-order valence-corrected chi connectivity index (χ3v) is 5.82. The summed E-state index contributed by atoms with van der Waals surface area (Å²) in [5.74, 6) is 0.659. The fourth-order valence-electron chi connectivity index (χ4n) is 3.58. The average Bonchev–Trinajstić information content (AvgIpc) is 2.67. The van der Waals surface area contributed by atoms with E-state index in [9.17, 15) is 8.42 Å². The van der Waals surface area contributed by atoms with Crippen molar-refractivity contribution < 1.29 is 12.6 Å². The van der Waals surface area contributed by atoms with E-state index in [4.69, 9.17) is 4.18 Å². The Labute approximate surface area is 132 Å². The van der Waals surface area contributed by atoms with Gasteiger partial charge in [0.25, 0.3) is 0 Å². The molecule has 1 atom stereocenters. The maximum Gasteiger partial charge on any atom is 0.311 e. The van der Waals surface area contributed by atoms with E-state index in [1.54, 1.807) is 0 Å². The summed E-state index contributed by atoms with van der Waals surface area (Å²) >= 11 is 0. The molecule has 3 rings (SSSR count).